The van der Waals surface area contributed by atoms with Gasteiger partial charge in [-0.2, -0.15) is 4.31 Å². The number of hydrogen-bond donors (Lipinski definition) is 1. The molecule has 1 N–H and O–H groups in total. The summed E-state index contributed by atoms with van der Waals surface area (Å²) in [5.74, 6) is 1.38. The maximum absolute atomic E-state index is 12.4. The van der Waals surface area contributed by atoms with Crippen molar-refractivity contribution in [1.29, 1.82) is 0 Å². The van der Waals surface area contributed by atoms with Crippen LogP contribution in [0, 0.1) is 12.3 Å². The molecule has 0 saturated carbocycles. The van der Waals surface area contributed by atoms with Gasteiger partial charge in [0.25, 0.3) is 0 Å². The molecule has 0 heterocycles. The van der Waals surface area contributed by atoms with E-state index < -0.39 is 16.0 Å². The molecule has 0 aliphatic rings. The topological polar surface area (TPSA) is 74.7 Å². The molecule has 0 aliphatic heterocycles. The number of aliphatic carboxylic acids is 1. The largest absolute Gasteiger partial charge is 0.481 e. The minimum absolute atomic E-state index is 0.0209. The van der Waals surface area contributed by atoms with Crippen LogP contribution in [0.15, 0.2) is 29.2 Å². The van der Waals surface area contributed by atoms with E-state index in [0.717, 1.165) is 0 Å². The van der Waals surface area contributed by atoms with Gasteiger partial charge in [-0.3, -0.25) is 4.79 Å². The fourth-order valence-corrected chi connectivity index (χ4v) is 3.18. The van der Waals surface area contributed by atoms with Crippen molar-refractivity contribution in [2.24, 2.45) is 0 Å². The van der Waals surface area contributed by atoms with Crippen molar-refractivity contribution in [1.82, 2.24) is 4.31 Å². The molecule has 0 fully saturated rings. The third-order valence-corrected chi connectivity index (χ3v) is 4.52. The molecule has 0 amide bonds. The number of sulfonamides is 1. The maximum atomic E-state index is 12.4. The quantitative estimate of drug-likeness (QED) is 0.770. The Hall–Kier alpha value is -1.84. The molecule has 0 aromatic heterocycles. The standard InChI is InChI=1S/C14H17NO4S/c1-3-9-15(10-4-2)20(18,19)13-7-5-12(6-8-13)11-14(16)17/h1,5-8H,4,9-11H2,2H3,(H,16,17). The number of rotatable bonds is 7. The number of terminal acetylenes is 1. The zero-order valence-electron chi connectivity index (χ0n) is 11.2. The van der Waals surface area contributed by atoms with Crippen molar-refractivity contribution in [3.63, 3.8) is 0 Å². The van der Waals surface area contributed by atoms with Crippen LogP contribution in [0.25, 0.3) is 0 Å². The van der Waals surface area contributed by atoms with E-state index in [0.29, 0.717) is 18.5 Å². The number of benzene rings is 1. The van der Waals surface area contributed by atoms with E-state index in [1.165, 1.54) is 28.6 Å². The molecule has 0 aliphatic carbocycles. The van der Waals surface area contributed by atoms with Crippen LogP contribution < -0.4 is 0 Å². The second-order valence-corrected chi connectivity index (χ2v) is 6.20. The number of hydrogen-bond acceptors (Lipinski definition) is 3. The van der Waals surface area contributed by atoms with Crippen molar-refractivity contribution in [2.45, 2.75) is 24.7 Å². The fraction of sp³-hybridized carbons (Fsp3) is 0.357. The summed E-state index contributed by atoms with van der Waals surface area (Å²) in [6, 6.07) is 5.82. The van der Waals surface area contributed by atoms with E-state index >= 15 is 0 Å². The Morgan fingerprint density at radius 3 is 2.40 bits per heavy atom. The van der Waals surface area contributed by atoms with Gasteiger partial charge in [-0.05, 0) is 24.1 Å². The smallest absolute Gasteiger partial charge is 0.307 e. The summed E-state index contributed by atoms with van der Waals surface area (Å²) >= 11 is 0. The summed E-state index contributed by atoms with van der Waals surface area (Å²) in [7, 11) is -3.63. The lowest BCUT2D eigenvalue weighted by Gasteiger charge is -2.19. The van der Waals surface area contributed by atoms with Gasteiger partial charge in [0.1, 0.15) is 0 Å². The molecule has 6 heteroatoms. The predicted octanol–water partition coefficient (Wildman–Crippen LogP) is 1.35. The van der Waals surface area contributed by atoms with Gasteiger partial charge in [0.15, 0.2) is 0 Å². The molecule has 0 atom stereocenters. The van der Waals surface area contributed by atoms with Crippen molar-refractivity contribution < 1.29 is 18.3 Å². The normalized spacial score (nSPS) is 11.2. The Morgan fingerprint density at radius 2 is 1.95 bits per heavy atom. The third kappa shape index (κ3) is 4.08. The first-order valence-electron chi connectivity index (χ1n) is 6.16. The molecule has 1 rings (SSSR count). The van der Waals surface area contributed by atoms with E-state index in [2.05, 4.69) is 5.92 Å². The van der Waals surface area contributed by atoms with E-state index in [1.54, 1.807) is 0 Å². The van der Waals surface area contributed by atoms with Crippen LogP contribution in [-0.2, 0) is 21.2 Å². The summed E-state index contributed by atoms with van der Waals surface area (Å²) in [6.45, 7) is 2.24. The van der Waals surface area contributed by atoms with Crippen LogP contribution >= 0.6 is 0 Å². The molecule has 20 heavy (non-hydrogen) atoms. The van der Waals surface area contributed by atoms with Crippen LogP contribution in [0.3, 0.4) is 0 Å². The highest BCUT2D eigenvalue weighted by Gasteiger charge is 2.22. The Morgan fingerprint density at radius 1 is 1.35 bits per heavy atom. The summed E-state index contributed by atoms with van der Waals surface area (Å²) in [4.78, 5) is 10.7. The van der Waals surface area contributed by atoms with Gasteiger partial charge in [0.2, 0.25) is 10.0 Å². The van der Waals surface area contributed by atoms with Crippen LogP contribution in [0.1, 0.15) is 18.9 Å². The molecule has 5 nitrogen and oxygen atoms in total. The van der Waals surface area contributed by atoms with Crippen molar-refractivity contribution in [3.05, 3.63) is 29.8 Å². The Bertz CT molecular complexity index is 599. The Balaban J connectivity index is 3.02. The zero-order chi connectivity index (χ0) is 15.2. The second-order valence-electron chi connectivity index (χ2n) is 4.26. The number of nitrogens with zero attached hydrogens (tertiary/aromatic N) is 1. The minimum Gasteiger partial charge on any atom is -0.481 e. The predicted molar refractivity (Wildman–Crippen MR) is 75.7 cm³/mol. The molecule has 0 bridgehead atoms. The molecular weight excluding hydrogens is 278 g/mol. The Labute approximate surface area is 119 Å². The second kappa shape index (κ2) is 7.08. The van der Waals surface area contributed by atoms with Gasteiger partial charge >= 0.3 is 5.97 Å². The fourth-order valence-electron chi connectivity index (χ4n) is 1.74. The lowest BCUT2D eigenvalue weighted by atomic mass is 10.2. The molecule has 0 radical (unpaired) electrons. The monoisotopic (exact) mass is 295 g/mol. The Kier molecular flexibility index (Phi) is 5.74. The molecular formula is C14H17NO4S. The van der Waals surface area contributed by atoms with Crippen LogP contribution in [0.5, 0.6) is 0 Å². The first-order chi connectivity index (χ1) is 9.41. The summed E-state index contributed by atoms with van der Waals surface area (Å²) in [5.41, 5.74) is 0.551. The zero-order valence-corrected chi connectivity index (χ0v) is 12.1. The van der Waals surface area contributed by atoms with Crippen molar-refractivity contribution in [2.75, 3.05) is 13.1 Å². The number of carboxylic acid groups (broad SMARTS) is 1. The van der Waals surface area contributed by atoms with E-state index in [4.69, 9.17) is 11.5 Å². The number of carbonyl (C=O) groups is 1. The molecule has 1 aromatic rings. The average molecular weight is 295 g/mol. The lowest BCUT2D eigenvalue weighted by molar-refractivity contribution is -0.136. The van der Waals surface area contributed by atoms with Gasteiger partial charge in [0.05, 0.1) is 17.9 Å². The van der Waals surface area contributed by atoms with Gasteiger partial charge in [0, 0.05) is 6.54 Å². The highest BCUT2D eigenvalue weighted by atomic mass is 32.2. The summed E-state index contributed by atoms with van der Waals surface area (Å²) < 4.78 is 26.0. The van der Waals surface area contributed by atoms with Crippen molar-refractivity contribution in [3.8, 4) is 12.3 Å². The maximum Gasteiger partial charge on any atom is 0.307 e. The number of carboxylic acids is 1. The van der Waals surface area contributed by atoms with E-state index in [9.17, 15) is 13.2 Å². The SMILES string of the molecule is C#CCN(CCC)S(=O)(=O)c1ccc(CC(=O)O)cc1. The first kappa shape index (κ1) is 16.2. The molecule has 1 aromatic carbocycles. The van der Waals surface area contributed by atoms with Crippen LogP contribution in [0.4, 0.5) is 0 Å². The van der Waals surface area contributed by atoms with Crippen LogP contribution in [0.2, 0.25) is 0 Å². The van der Waals surface area contributed by atoms with Gasteiger partial charge in [-0.15, -0.1) is 6.42 Å². The minimum atomic E-state index is -3.63. The first-order valence-corrected chi connectivity index (χ1v) is 7.60. The van der Waals surface area contributed by atoms with Gasteiger partial charge in [-0.25, -0.2) is 8.42 Å². The molecule has 0 unspecified atom stereocenters. The highest BCUT2D eigenvalue weighted by molar-refractivity contribution is 7.89. The summed E-state index contributed by atoms with van der Waals surface area (Å²) in [6.07, 6.45) is 5.72. The highest BCUT2D eigenvalue weighted by Crippen LogP contribution is 2.17. The summed E-state index contributed by atoms with van der Waals surface area (Å²) in [5, 5.41) is 8.68. The third-order valence-electron chi connectivity index (χ3n) is 2.66. The van der Waals surface area contributed by atoms with Gasteiger partial charge in [-0.1, -0.05) is 25.0 Å². The lowest BCUT2D eigenvalue weighted by Crippen LogP contribution is -2.32. The van der Waals surface area contributed by atoms with E-state index in [-0.39, 0.29) is 17.9 Å². The molecule has 108 valence electrons. The molecule has 0 saturated heterocycles. The van der Waals surface area contributed by atoms with E-state index in [1.807, 2.05) is 6.92 Å². The molecule has 0 spiro atoms. The average Bonchev–Trinajstić information content (AvgIpc) is 2.38. The van der Waals surface area contributed by atoms with Crippen LogP contribution in [-0.4, -0.2) is 36.9 Å². The van der Waals surface area contributed by atoms with Crippen molar-refractivity contribution >= 4 is 16.0 Å². The van der Waals surface area contributed by atoms with Gasteiger partial charge < -0.3 is 5.11 Å².